The largest absolute Gasteiger partial charge is 0.497 e. The average Bonchev–Trinajstić information content (AvgIpc) is 3.60. The van der Waals surface area contributed by atoms with E-state index in [0.717, 1.165) is 21.9 Å². The zero-order valence-corrected chi connectivity index (χ0v) is 19.7. The summed E-state index contributed by atoms with van der Waals surface area (Å²) in [4.78, 5) is 39.1. The van der Waals surface area contributed by atoms with Crippen molar-refractivity contribution in [2.75, 3.05) is 13.7 Å². The van der Waals surface area contributed by atoms with E-state index >= 15 is 0 Å². The number of methoxy groups -OCH3 is 1. The number of hydrazone groups is 1. The van der Waals surface area contributed by atoms with Gasteiger partial charge in [0, 0.05) is 13.0 Å². The fourth-order valence-corrected chi connectivity index (χ4v) is 4.55. The summed E-state index contributed by atoms with van der Waals surface area (Å²) >= 11 is 0. The van der Waals surface area contributed by atoms with Gasteiger partial charge in [-0.05, 0) is 36.1 Å². The number of carbonyl (C=O) groups is 1. The van der Waals surface area contributed by atoms with E-state index in [-0.39, 0.29) is 0 Å². The maximum absolute atomic E-state index is 14.5. The van der Waals surface area contributed by atoms with E-state index in [1.54, 1.807) is 19.2 Å². The Morgan fingerprint density at radius 3 is 2.56 bits per heavy atom. The summed E-state index contributed by atoms with van der Waals surface area (Å²) in [6, 6.07) is 16.2. The van der Waals surface area contributed by atoms with Crippen LogP contribution in [-0.2, 0) is 16.1 Å². The van der Waals surface area contributed by atoms with Crippen LogP contribution in [0.5, 0.6) is 5.75 Å². The number of aromatic nitrogens is 2. The molecule has 1 saturated heterocycles. The average molecular weight is 493 g/mol. The van der Waals surface area contributed by atoms with E-state index in [9.17, 15) is 18.8 Å². The van der Waals surface area contributed by atoms with Crippen LogP contribution >= 0.6 is 0 Å². The molecular weight excluding hydrogens is 467 g/mol. The highest BCUT2D eigenvalue weighted by Gasteiger charge is 2.34. The molecule has 2 aliphatic rings. The highest BCUT2D eigenvalue weighted by molar-refractivity contribution is 6.03. The third-order valence-electron chi connectivity index (χ3n) is 6.44. The summed E-state index contributed by atoms with van der Waals surface area (Å²) in [7, 11) is 1.57. The lowest BCUT2D eigenvalue weighted by Gasteiger charge is -2.23. The van der Waals surface area contributed by atoms with Crippen LogP contribution in [0.3, 0.4) is 0 Å². The SMILES string of the molecule is COc1ccc([C@H]2CC(c3ccccc3)=NN2C(=O)Cn2c(=O)c(F)cn([C@H]3CCCO3)c2=O)cc1. The number of amides is 1. The van der Waals surface area contributed by atoms with Gasteiger partial charge in [0.25, 0.3) is 11.5 Å². The summed E-state index contributed by atoms with van der Waals surface area (Å²) in [5.74, 6) is -1.07. The molecule has 0 unspecified atom stereocenters. The van der Waals surface area contributed by atoms with Gasteiger partial charge in [-0.25, -0.2) is 14.4 Å². The fraction of sp³-hybridized carbons (Fsp3) is 0.308. The number of benzene rings is 2. The summed E-state index contributed by atoms with van der Waals surface area (Å²) in [6.07, 6.45) is 1.84. The molecular formula is C26H25FN4O5. The smallest absolute Gasteiger partial charge is 0.333 e. The van der Waals surface area contributed by atoms with E-state index < -0.39 is 41.8 Å². The highest BCUT2D eigenvalue weighted by Crippen LogP contribution is 2.33. The van der Waals surface area contributed by atoms with E-state index in [0.29, 0.717) is 41.9 Å². The van der Waals surface area contributed by atoms with Crippen molar-refractivity contribution in [3.8, 4) is 5.75 Å². The van der Waals surface area contributed by atoms with E-state index in [1.807, 2.05) is 42.5 Å². The van der Waals surface area contributed by atoms with Gasteiger partial charge in [0.1, 0.15) is 18.5 Å². The number of hydrogen-bond acceptors (Lipinski definition) is 6. The molecule has 3 heterocycles. The standard InChI is InChI=1S/C26H25FN4O5/c1-35-19-11-9-18(10-12-19)22-14-21(17-6-3-2-4-7-17)28-31(22)23(32)16-30-25(33)20(27)15-29(26(30)34)24-8-5-13-36-24/h2-4,6-7,9-12,15,22,24H,5,8,13-14,16H2,1H3/t22-,24-/m1/s1. The van der Waals surface area contributed by atoms with Gasteiger partial charge in [0.2, 0.25) is 5.82 Å². The van der Waals surface area contributed by atoms with Crippen molar-refractivity contribution in [3.05, 3.63) is 98.6 Å². The molecule has 9 nitrogen and oxygen atoms in total. The Labute approximate surface area is 206 Å². The topological polar surface area (TPSA) is 95.1 Å². The third-order valence-corrected chi connectivity index (χ3v) is 6.44. The van der Waals surface area contributed by atoms with E-state index in [2.05, 4.69) is 5.10 Å². The second-order valence-corrected chi connectivity index (χ2v) is 8.67. The minimum atomic E-state index is -1.16. The van der Waals surface area contributed by atoms with E-state index in [1.165, 1.54) is 5.01 Å². The number of ether oxygens (including phenoxy) is 2. The Kier molecular flexibility index (Phi) is 6.51. The monoisotopic (exact) mass is 492 g/mol. The molecule has 1 fully saturated rings. The number of rotatable bonds is 6. The Balaban J connectivity index is 1.50. The van der Waals surface area contributed by atoms with Gasteiger partial charge < -0.3 is 9.47 Å². The quantitative estimate of drug-likeness (QED) is 0.528. The molecule has 5 rings (SSSR count). The van der Waals surface area contributed by atoms with Gasteiger partial charge in [-0.3, -0.25) is 14.2 Å². The first-order valence-electron chi connectivity index (χ1n) is 11.7. The van der Waals surface area contributed by atoms with Gasteiger partial charge in [-0.2, -0.15) is 9.49 Å². The van der Waals surface area contributed by atoms with Crippen molar-refractivity contribution in [2.45, 2.75) is 38.1 Å². The van der Waals surface area contributed by atoms with Gasteiger partial charge in [-0.15, -0.1) is 0 Å². The zero-order valence-electron chi connectivity index (χ0n) is 19.7. The molecule has 186 valence electrons. The Morgan fingerprint density at radius 2 is 1.89 bits per heavy atom. The summed E-state index contributed by atoms with van der Waals surface area (Å²) in [6.45, 7) is -0.217. The lowest BCUT2D eigenvalue weighted by molar-refractivity contribution is -0.133. The summed E-state index contributed by atoms with van der Waals surface area (Å²) in [5.41, 5.74) is 0.398. The molecule has 10 heteroatoms. The van der Waals surface area contributed by atoms with Crippen molar-refractivity contribution in [2.24, 2.45) is 5.10 Å². The number of nitrogens with zero attached hydrogens (tertiary/aromatic N) is 4. The predicted octanol–water partition coefficient (Wildman–Crippen LogP) is 2.84. The molecule has 0 aliphatic carbocycles. The molecule has 3 aromatic rings. The van der Waals surface area contributed by atoms with Crippen molar-refractivity contribution in [3.63, 3.8) is 0 Å². The van der Waals surface area contributed by atoms with Gasteiger partial charge in [-0.1, -0.05) is 42.5 Å². The normalized spacial score (nSPS) is 19.4. The molecule has 0 saturated carbocycles. The minimum Gasteiger partial charge on any atom is -0.497 e. The Morgan fingerprint density at radius 1 is 1.14 bits per heavy atom. The maximum atomic E-state index is 14.5. The highest BCUT2D eigenvalue weighted by atomic mass is 19.1. The molecule has 0 radical (unpaired) electrons. The van der Waals surface area contributed by atoms with E-state index in [4.69, 9.17) is 9.47 Å². The fourth-order valence-electron chi connectivity index (χ4n) is 4.55. The van der Waals surface area contributed by atoms with Crippen molar-refractivity contribution >= 4 is 11.6 Å². The van der Waals surface area contributed by atoms with Gasteiger partial charge in [0.15, 0.2) is 0 Å². The minimum absolute atomic E-state index is 0.431. The third kappa shape index (κ3) is 4.47. The zero-order chi connectivity index (χ0) is 25.2. The van der Waals surface area contributed by atoms with Crippen LogP contribution in [0, 0.1) is 5.82 Å². The second-order valence-electron chi connectivity index (χ2n) is 8.67. The maximum Gasteiger partial charge on any atom is 0.333 e. The second kappa shape index (κ2) is 9.90. The number of carbonyl (C=O) groups excluding carboxylic acids is 1. The van der Waals surface area contributed by atoms with Crippen LogP contribution in [0.15, 0.2) is 75.5 Å². The first-order chi connectivity index (χ1) is 17.5. The van der Waals surface area contributed by atoms with Gasteiger partial charge >= 0.3 is 5.69 Å². The number of halogens is 1. The molecule has 2 atom stereocenters. The Hall–Kier alpha value is -4.05. The first-order valence-corrected chi connectivity index (χ1v) is 11.7. The summed E-state index contributed by atoms with van der Waals surface area (Å²) < 4.78 is 26.9. The van der Waals surface area contributed by atoms with Crippen LogP contribution in [0.1, 0.15) is 42.7 Å². The van der Waals surface area contributed by atoms with Crippen LogP contribution in [0.4, 0.5) is 4.39 Å². The van der Waals surface area contributed by atoms with Crippen LogP contribution < -0.4 is 16.0 Å². The molecule has 0 spiro atoms. The molecule has 2 aliphatic heterocycles. The molecule has 36 heavy (non-hydrogen) atoms. The predicted molar refractivity (Wildman–Crippen MR) is 129 cm³/mol. The molecule has 1 amide bonds. The number of hydrogen-bond donors (Lipinski definition) is 0. The molecule has 0 bridgehead atoms. The van der Waals surface area contributed by atoms with Crippen molar-refractivity contribution < 1.29 is 18.7 Å². The van der Waals surface area contributed by atoms with Crippen LogP contribution in [0.2, 0.25) is 0 Å². The first kappa shape index (κ1) is 23.7. The molecule has 1 aromatic heterocycles. The molecule has 0 N–H and O–H groups in total. The van der Waals surface area contributed by atoms with Crippen molar-refractivity contribution in [1.29, 1.82) is 0 Å². The Bertz CT molecular complexity index is 1410. The summed E-state index contributed by atoms with van der Waals surface area (Å²) in [5, 5.41) is 5.84. The van der Waals surface area contributed by atoms with Crippen molar-refractivity contribution in [1.82, 2.24) is 14.1 Å². The van der Waals surface area contributed by atoms with Gasteiger partial charge in [0.05, 0.1) is 25.1 Å². The van der Waals surface area contributed by atoms with Crippen LogP contribution in [-0.4, -0.2) is 39.5 Å². The lowest BCUT2D eigenvalue weighted by atomic mass is 9.98. The lowest BCUT2D eigenvalue weighted by Crippen LogP contribution is -2.45. The van der Waals surface area contributed by atoms with Crippen LogP contribution in [0.25, 0.3) is 0 Å². The molecule has 2 aromatic carbocycles.